The molecule has 1 amide bonds. The van der Waals surface area contributed by atoms with Crippen LogP contribution in [0.1, 0.15) is 45.9 Å². The van der Waals surface area contributed by atoms with Gasteiger partial charge in [-0.2, -0.15) is 4.99 Å². The van der Waals surface area contributed by atoms with E-state index in [-0.39, 0.29) is 12.1 Å². The fourth-order valence-electron chi connectivity index (χ4n) is 1.87. The van der Waals surface area contributed by atoms with Crippen molar-refractivity contribution in [3.05, 3.63) is 16.4 Å². The molecule has 0 N–H and O–H groups in total. The standard InChI is InChI=1S/C15H23N3O6/c1-10-17-24-14(21)18(10)9-7-6-8-11(12(19)22-5)16-13(20)23-15(2,3)4/h6-9H2,1-5H3. The van der Waals surface area contributed by atoms with E-state index < -0.39 is 23.4 Å². The molecule has 0 fully saturated rings. The van der Waals surface area contributed by atoms with Gasteiger partial charge in [-0.1, -0.05) is 5.16 Å². The van der Waals surface area contributed by atoms with Crippen molar-refractivity contribution >= 4 is 17.8 Å². The molecule has 0 spiro atoms. The molecule has 9 heteroatoms. The number of rotatable bonds is 6. The Morgan fingerprint density at radius 3 is 2.46 bits per heavy atom. The van der Waals surface area contributed by atoms with Crippen molar-refractivity contribution in [2.24, 2.45) is 4.99 Å². The number of hydrogen-bond acceptors (Lipinski definition) is 7. The van der Waals surface area contributed by atoms with Gasteiger partial charge < -0.3 is 9.47 Å². The second-order valence-corrected chi connectivity index (χ2v) is 6.13. The molecule has 1 aromatic heterocycles. The zero-order chi connectivity index (χ0) is 18.3. The minimum Gasteiger partial charge on any atom is -0.465 e. The molecule has 0 radical (unpaired) electrons. The summed E-state index contributed by atoms with van der Waals surface area (Å²) in [6.45, 7) is 7.18. The number of amides is 1. The fourth-order valence-corrected chi connectivity index (χ4v) is 1.87. The van der Waals surface area contributed by atoms with Crippen molar-refractivity contribution < 1.29 is 23.6 Å². The molecule has 1 aromatic rings. The predicted octanol–water partition coefficient (Wildman–Crippen LogP) is 1.86. The monoisotopic (exact) mass is 341 g/mol. The molecule has 0 atom stereocenters. The highest BCUT2D eigenvalue weighted by molar-refractivity contribution is 6.37. The van der Waals surface area contributed by atoms with Gasteiger partial charge in [-0.3, -0.25) is 9.09 Å². The first kappa shape index (κ1) is 19.6. The number of ether oxygens (including phenoxy) is 2. The maximum absolute atomic E-state index is 11.7. The summed E-state index contributed by atoms with van der Waals surface area (Å²) >= 11 is 0. The molecular weight excluding hydrogens is 318 g/mol. The van der Waals surface area contributed by atoms with Crippen molar-refractivity contribution in [3.63, 3.8) is 0 Å². The van der Waals surface area contributed by atoms with E-state index in [2.05, 4.69) is 19.4 Å². The number of nitrogens with zero attached hydrogens (tertiary/aromatic N) is 3. The highest BCUT2D eigenvalue weighted by Crippen LogP contribution is 2.09. The minimum absolute atomic E-state index is 0.0128. The molecule has 24 heavy (non-hydrogen) atoms. The van der Waals surface area contributed by atoms with Crippen LogP contribution in [0.25, 0.3) is 0 Å². The number of aryl methyl sites for hydroxylation is 1. The number of aliphatic imine (C=N–C) groups is 1. The van der Waals surface area contributed by atoms with Crippen molar-refractivity contribution in [1.29, 1.82) is 0 Å². The Labute approximate surface area is 139 Å². The summed E-state index contributed by atoms with van der Waals surface area (Å²) in [4.78, 5) is 38.5. The number of methoxy groups -OCH3 is 1. The lowest BCUT2D eigenvalue weighted by molar-refractivity contribution is -0.132. The zero-order valence-corrected chi connectivity index (χ0v) is 14.6. The van der Waals surface area contributed by atoms with Crippen LogP contribution < -0.4 is 5.76 Å². The van der Waals surface area contributed by atoms with Gasteiger partial charge in [-0.25, -0.2) is 14.4 Å². The average molecular weight is 341 g/mol. The van der Waals surface area contributed by atoms with Crippen LogP contribution in [0.15, 0.2) is 14.3 Å². The number of carbonyl (C=O) groups is 2. The number of carbonyl (C=O) groups excluding carboxylic acids is 2. The van der Waals surface area contributed by atoms with Gasteiger partial charge >= 0.3 is 17.8 Å². The molecular formula is C15H23N3O6. The van der Waals surface area contributed by atoms with Crippen LogP contribution in [-0.2, 0) is 20.8 Å². The van der Waals surface area contributed by atoms with E-state index in [1.165, 1.54) is 11.7 Å². The molecule has 1 heterocycles. The third-order valence-corrected chi connectivity index (χ3v) is 2.95. The quantitative estimate of drug-likeness (QED) is 0.441. The summed E-state index contributed by atoms with van der Waals surface area (Å²) in [6.07, 6.45) is 0.486. The molecule has 9 nitrogen and oxygen atoms in total. The topological polar surface area (TPSA) is 113 Å². The third kappa shape index (κ3) is 6.35. The van der Waals surface area contributed by atoms with Crippen molar-refractivity contribution in [1.82, 2.24) is 9.72 Å². The van der Waals surface area contributed by atoms with Crippen LogP contribution in [-0.4, -0.2) is 40.2 Å². The van der Waals surface area contributed by atoms with E-state index in [0.29, 0.717) is 25.2 Å². The third-order valence-electron chi connectivity index (χ3n) is 2.95. The van der Waals surface area contributed by atoms with E-state index in [4.69, 9.17) is 4.74 Å². The second kappa shape index (κ2) is 8.42. The maximum Gasteiger partial charge on any atom is 0.441 e. The Morgan fingerprint density at radius 1 is 1.29 bits per heavy atom. The first-order chi connectivity index (χ1) is 11.1. The lowest BCUT2D eigenvalue weighted by atomic mass is 10.1. The van der Waals surface area contributed by atoms with Crippen LogP contribution >= 0.6 is 0 Å². The normalized spacial score (nSPS) is 12.1. The van der Waals surface area contributed by atoms with Crippen LogP contribution in [0.5, 0.6) is 0 Å². The first-order valence-electron chi connectivity index (χ1n) is 7.56. The van der Waals surface area contributed by atoms with Gasteiger partial charge in [-0.05, 0) is 47.0 Å². The SMILES string of the molecule is COC(=O)C(CCCCn1c(C)noc1=O)=NC(=O)OC(C)(C)C. The Kier molecular flexibility index (Phi) is 6.87. The number of unbranched alkanes of at least 4 members (excludes halogenated alkanes) is 1. The summed E-state index contributed by atoms with van der Waals surface area (Å²) in [6, 6.07) is 0. The van der Waals surface area contributed by atoms with E-state index >= 15 is 0 Å². The lowest BCUT2D eigenvalue weighted by Crippen LogP contribution is -2.24. The van der Waals surface area contributed by atoms with Crippen molar-refractivity contribution in [2.45, 2.75) is 59.1 Å². The van der Waals surface area contributed by atoms with Gasteiger partial charge in [-0.15, -0.1) is 0 Å². The van der Waals surface area contributed by atoms with Gasteiger partial charge in [0.1, 0.15) is 11.3 Å². The van der Waals surface area contributed by atoms with Crippen LogP contribution in [0.2, 0.25) is 0 Å². The first-order valence-corrected chi connectivity index (χ1v) is 7.56. The maximum atomic E-state index is 11.7. The largest absolute Gasteiger partial charge is 0.465 e. The zero-order valence-electron chi connectivity index (χ0n) is 14.6. The van der Waals surface area contributed by atoms with Gasteiger partial charge in [0.15, 0.2) is 5.82 Å². The average Bonchev–Trinajstić information content (AvgIpc) is 2.79. The van der Waals surface area contributed by atoms with Crippen molar-refractivity contribution in [3.8, 4) is 0 Å². The number of hydrogen-bond donors (Lipinski definition) is 0. The summed E-state index contributed by atoms with van der Waals surface area (Å²) < 4.78 is 15.6. The Bertz CT molecular complexity index is 665. The van der Waals surface area contributed by atoms with Gasteiger partial charge in [0.2, 0.25) is 0 Å². The summed E-state index contributed by atoms with van der Waals surface area (Å²) in [5, 5.41) is 3.56. The summed E-state index contributed by atoms with van der Waals surface area (Å²) in [5.41, 5.74) is -0.712. The Morgan fingerprint density at radius 2 is 1.96 bits per heavy atom. The van der Waals surface area contributed by atoms with Gasteiger partial charge in [0, 0.05) is 6.54 Å². The Balaban J connectivity index is 2.62. The smallest absolute Gasteiger partial charge is 0.441 e. The van der Waals surface area contributed by atoms with Gasteiger partial charge in [0.25, 0.3) is 0 Å². The highest BCUT2D eigenvalue weighted by atomic mass is 16.6. The molecule has 0 aromatic carbocycles. The molecule has 0 unspecified atom stereocenters. The molecule has 0 bridgehead atoms. The van der Waals surface area contributed by atoms with E-state index in [1.54, 1.807) is 27.7 Å². The summed E-state index contributed by atoms with van der Waals surface area (Å²) in [5.74, 6) is -0.724. The molecule has 0 aliphatic carbocycles. The van der Waals surface area contributed by atoms with E-state index in [0.717, 1.165) is 0 Å². The molecule has 0 saturated carbocycles. The van der Waals surface area contributed by atoms with Gasteiger partial charge in [0.05, 0.1) is 7.11 Å². The molecule has 0 saturated heterocycles. The Hall–Kier alpha value is -2.45. The highest BCUT2D eigenvalue weighted by Gasteiger charge is 2.19. The molecule has 1 rings (SSSR count). The molecule has 0 aliphatic rings. The molecule has 0 aliphatic heterocycles. The second-order valence-electron chi connectivity index (χ2n) is 6.13. The fraction of sp³-hybridized carbons (Fsp3) is 0.667. The summed E-state index contributed by atoms with van der Waals surface area (Å²) in [7, 11) is 1.22. The van der Waals surface area contributed by atoms with Crippen LogP contribution in [0.4, 0.5) is 4.79 Å². The minimum atomic E-state index is -0.839. The van der Waals surface area contributed by atoms with Crippen molar-refractivity contribution in [2.75, 3.05) is 7.11 Å². The number of aromatic nitrogens is 2. The van der Waals surface area contributed by atoms with Crippen LogP contribution in [0, 0.1) is 6.92 Å². The lowest BCUT2D eigenvalue weighted by Gasteiger charge is -2.17. The predicted molar refractivity (Wildman–Crippen MR) is 85.0 cm³/mol. The van der Waals surface area contributed by atoms with E-state index in [9.17, 15) is 14.4 Å². The van der Waals surface area contributed by atoms with Crippen LogP contribution in [0.3, 0.4) is 0 Å². The number of esters is 1. The molecule has 134 valence electrons. The van der Waals surface area contributed by atoms with E-state index in [1.807, 2.05) is 0 Å².